The summed E-state index contributed by atoms with van der Waals surface area (Å²) in [6.07, 6.45) is 0.591. The zero-order valence-corrected chi connectivity index (χ0v) is 11.1. The van der Waals surface area contributed by atoms with Crippen molar-refractivity contribution >= 4 is 5.78 Å². The Labute approximate surface area is 103 Å². The van der Waals surface area contributed by atoms with Crippen LogP contribution in [-0.4, -0.2) is 19.4 Å². The van der Waals surface area contributed by atoms with E-state index in [-0.39, 0.29) is 5.78 Å². The summed E-state index contributed by atoms with van der Waals surface area (Å²) >= 11 is 0. The van der Waals surface area contributed by atoms with E-state index in [1.54, 1.807) is 14.0 Å². The molecule has 1 N–H and O–H groups in total. The van der Waals surface area contributed by atoms with Crippen molar-refractivity contribution in [2.24, 2.45) is 0 Å². The van der Waals surface area contributed by atoms with Crippen molar-refractivity contribution in [1.82, 2.24) is 5.32 Å². The highest BCUT2D eigenvalue weighted by atomic mass is 16.5. The standard InChI is InChI=1S/C14H21NO2/c1-10(16)7-8-15-9-13-5-6-14(17-4)12(3)11(13)2/h5-6,15H,7-9H2,1-4H3. The molecule has 0 heterocycles. The summed E-state index contributed by atoms with van der Waals surface area (Å²) in [6, 6.07) is 4.06. The first kappa shape index (κ1) is 13.7. The number of hydrogen-bond donors (Lipinski definition) is 1. The normalized spacial score (nSPS) is 10.4. The van der Waals surface area contributed by atoms with Crippen LogP contribution in [0.15, 0.2) is 12.1 Å². The molecule has 0 spiro atoms. The van der Waals surface area contributed by atoms with E-state index in [4.69, 9.17) is 4.74 Å². The van der Waals surface area contributed by atoms with Gasteiger partial charge < -0.3 is 10.1 Å². The lowest BCUT2D eigenvalue weighted by molar-refractivity contribution is -0.116. The third kappa shape index (κ3) is 3.86. The smallest absolute Gasteiger partial charge is 0.131 e. The molecular formula is C14H21NO2. The minimum Gasteiger partial charge on any atom is -0.496 e. The van der Waals surface area contributed by atoms with Gasteiger partial charge in [-0.05, 0) is 43.5 Å². The van der Waals surface area contributed by atoms with Crippen LogP contribution < -0.4 is 10.1 Å². The molecule has 94 valence electrons. The fraction of sp³-hybridized carbons (Fsp3) is 0.500. The lowest BCUT2D eigenvalue weighted by Gasteiger charge is -2.13. The van der Waals surface area contributed by atoms with Gasteiger partial charge in [0.05, 0.1) is 7.11 Å². The summed E-state index contributed by atoms with van der Waals surface area (Å²) in [5, 5.41) is 3.28. The van der Waals surface area contributed by atoms with E-state index >= 15 is 0 Å². The molecule has 3 nitrogen and oxygen atoms in total. The second-order valence-corrected chi connectivity index (χ2v) is 4.31. The predicted molar refractivity (Wildman–Crippen MR) is 69.5 cm³/mol. The fourth-order valence-electron chi connectivity index (χ4n) is 1.75. The molecule has 0 aromatic heterocycles. The molecule has 0 saturated carbocycles. The summed E-state index contributed by atoms with van der Waals surface area (Å²) in [5.41, 5.74) is 3.69. The number of carbonyl (C=O) groups is 1. The Kier molecular flexibility index (Phi) is 5.16. The molecule has 0 aliphatic rings. The van der Waals surface area contributed by atoms with Gasteiger partial charge in [0.2, 0.25) is 0 Å². The van der Waals surface area contributed by atoms with Crippen molar-refractivity contribution in [3.63, 3.8) is 0 Å². The Morgan fingerprint density at radius 3 is 2.59 bits per heavy atom. The maximum absolute atomic E-state index is 10.8. The molecule has 0 saturated heterocycles. The molecule has 0 fully saturated rings. The highest BCUT2D eigenvalue weighted by molar-refractivity contribution is 5.75. The van der Waals surface area contributed by atoms with Crippen LogP contribution in [0.2, 0.25) is 0 Å². The van der Waals surface area contributed by atoms with Gasteiger partial charge in [-0.3, -0.25) is 4.79 Å². The van der Waals surface area contributed by atoms with Crippen LogP contribution in [0, 0.1) is 13.8 Å². The van der Waals surface area contributed by atoms with Gasteiger partial charge in [-0.2, -0.15) is 0 Å². The Morgan fingerprint density at radius 1 is 1.29 bits per heavy atom. The summed E-state index contributed by atoms with van der Waals surface area (Å²) in [7, 11) is 1.69. The van der Waals surface area contributed by atoms with Crippen LogP contribution in [0.5, 0.6) is 5.75 Å². The zero-order chi connectivity index (χ0) is 12.8. The minimum absolute atomic E-state index is 0.222. The van der Waals surface area contributed by atoms with Gasteiger partial charge in [0, 0.05) is 19.5 Å². The van der Waals surface area contributed by atoms with Gasteiger partial charge >= 0.3 is 0 Å². The molecule has 0 unspecified atom stereocenters. The van der Waals surface area contributed by atoms with Crippen LogP contribution in [0.25, 0.3) is 0 Å². The largest absolute Gasteiger partial charge is 0.496 e. The first-order valence-corrected chi connectivity index (χ1v) is 5.89. The lowest BCUT2D eigenvalue weighted by atomic mass is 10.0. The molecule has 0 aliphatic carbocycles. The lowest BCUT2D eigenvalue weighted by Crippen LogP contribution is -2.17. The molecule has 1 rings (SSSR count). The van der Waals surface area contributed by atoms with Crippen LogP contribution in [-0.2, 0) is 11.3 Å². The average Bonchev–Trinajstić information content (AvgIpc) is 2.29. The predicted octanol–water partition coefficient (Wildman–Crippen LogP) is 2.38. The van der Waals surface area contributed by atoms with E-state index in [2.05, 4.69) is 25.2 Å². The number of nitrogens with one attached hydrogen (secondary N) is 1. The Bertz CT molecular complexity index is 399. The SMILES string of the molecule is COc1ccc(CNCCC(C)=O)c(C)c1C. The van der Waals surface area contributed by atoms with Crippen molar-refractivity contribution in [3.05, 3.63) is 28.8 Å². The number of hydrogen-bond acceptors (Lipinski definition) is 3. The zero-order valence-electron chi connectivity index (χ0n) is 11.1. The first-order valence-electron chi connectivity index (χ1n) is 5.89. The Morgan fingerprint density at radius 2 is 2.00 bits per heavy atom. The van der Waals surface area contributed by atoms with Crippen molar-refractivity contribution in [2.45, 2.75) is 33.7 Å². The van der Waals surface area contributed by atoms with Crippen LogP contribution in [0.1, 0.15) is 30.0 Å². The van der Waals surface area contributed by atoms with Gasteiger partial charge in [-0.1, -0.05) is 6.07 Å². The van der Waals surface area contributed by atoms with E-state index in [1.165, 1.54) is 16.7 Å². The number of ether oxygens (including phenoxy) is 1. The number of Topliss-reactive ketones (excluding diaryl/α,β-unsaturated/α-hetero) is 1. The van der Waals surface area contributed by atoms with Gasteiger partial charge in [0.25, 0.3) is 0 Å². The Balaban J connectivity index is 2.60. The third-order valence-corrected chi connectivity index (χ3v) is 3.04. The van der Waals surface area contributed by atoms with E-state index in [9.17, 15) is 4.79 Å². The van der Waals surface area contributed by atoms with Crippen molar-refractivity contribution < 1.29 is 9.53 Å². The van der Waals surface area contributed by atoms with Gasteiger partial charge in [-0.15, -0.1) is 0 Å². The van der Waals surface area contributed by atoms with Gasteiger partial charge in [-0.25, -0.2) is 0 Å². The number of methoxy groups -OCH3 is 1. The highest BCUT2D eigenvalue weighted by Gasteiger charge is 2.06. The summed E-state index contributed by atoms with van der Waals surface area (Å²) in [5.74, 6) is 1.15. The van der Waals surface area contributed by atoms with Crippen molar-refractivity contribution in [2.75, 3.05) is 13.7 Å². The van der Waals surface area contributed by atoms with E-state index in [0.717, 1.165) is 18.8 Å². The van der Waals surface area contributed by atoms with Crippen LogP contribution >= 0.6 is 0 Å². The topological polar surface area (TPSA) is 38.3 Å². The number of rotatable bonds is 6. The molecule has 1 aromatic carbocycles. The summed E-state index contributed by atoms with van der Waals surface area (Å²) in [4.78, 5) is 10.8. The number of ketones is 1. The molecule has 17 heavy (non-hydrogen) atoms. The molecule has 1 aromatic rings. The maximum atomic E-state index is 10.8. The first-order chi connectivity index (χ1) is 8.06. The van der Waals surface area contributed by atoms with Crippen LogP contribution in [0.3, 0.4) is 0 Å². The molecule has 3 heteroatoms. The monoisotopic (exact) mass is 235 g/mol. The third-order valence-electron chi connectivity index (χ3n) is 3.04. The van der Waals surface area contributed by atoms with Gasteiger partial charge in [0.1, 0.15) is 11.5 Å². The van der Waals surface area contributed by atoms with Gasteiger partial charge in [0.15, 0.2) is 0 Å². The number of carbonyl (C=O) groups excluding carboxylic acids is 1. The quantitative estimate of drug-likeness (QED) is 0.769. The maximum Gasteiger partial charge on any atom is 0.131 e. The van der Waals surface area contributed by atoms with Crippen molar-refractivity contribution in [1.29, 1.82) is 0 Å². The fourth-order valence-corrected chi connectivity index (χ4v) is 1.75. The molecule has 0 aliphatic heterocycles. The highest BCUT2D eigenvalue weighted by Crippen LogP contribution is 2.23. The molecule has 0 bridgehead atoms. The van der Waals surface area contributed by atoms with Crippen LogP contribution in [0.4, 0.5) is 0 Å². The minimum atomic E-state index is 0.222. The molecule has 0 amide bonds. The molecule has 0 atom stereocenters. The van der Waals surface area contributed by atoms with E-state index in [1.807, 2.05) is 6.07 Å². The van der Waals surface area contributed by atoms with Crippen molar-refractivity contribution in [3.8, 4) is 5.75 Å². The summed E-state index contributed by atoms with van der Waals surface area (Å²) < 4.78 is 5.27. The van der Waals surface area contributed by atoms with E-state index in [0.29, 0.717) is 6.42 Å². The van der Waals surface area contributed by atoms with E-state index < -0.39 is 0 Å². The number of benzene rings is 1. The molecular weight excluding hydrogens is 214 g/mol. The second kappa shape index (κ2) is 6.40. The Hall–Kier alpha value is -1.35. The second-order valence-electron chi connectivity index (χ2n) is 4.31. The summed E-state index contributed by atoms with van der Waals surface area (Å²) in [6.45, 7) is 7.31. The average molecular weight is 235 g/mol. The molecule has 0 radical (unpaired) electrons.